The summed E-state index contributed by atoms with van der Waals surface area (Å²) in [6.45, 7) is 6.15. The van der Waals surface area contributed by atoms with E-state index in [1.54, 1.807) is 13.8 Å². The molecule has 0 amide bonds. The first-order valence-electron chi connectivity index (χ1n) is 11.0. The molecular weight excluding hydrogens is 378 g/mol. The van der Waals surface area contributed by atoms with Crippen molar-refractivity contribution in [1.82, 2.24) is 0 Å². The monoisotopic (exact) mass is 407 g/mol. The van der Waals surface area contributed by atoms with Gasteiger partial charge in [0.05, 0.1) is 30.3 Å². The minimum atomic E-state index is -0.442. The zero-order valence-corrected chi connectivity index (χ0v) is 18.0. The zero-order valence-electron chi connectivity index (χ0n) is 18.0. The summed E-state index contributed by atoms with van der Waals surface area (Å²) in [7, 11) is 0. The molecule has 1 unspecified atom stereocenters. The first-order chi connectivity index (χ1) is 14.6. The normalized spacial score (nSPS) is 20.6. The van der Waals surface area contributed by atoms with Gasteiger partial charge >= 0.3 is 11.9 Å². The van der Waals surface area contributed by atoms with E-state index in [0.29, 0.717) is 11.1 Å². The quantitative estimate of drug-likeness (QED) is 0.698. The highest BCUT2D eigenvalue weighted by Gasteiger charge is 2.44. The number of fused-ring (bicyclic) bond motifs is 3. The van der Waals surface area contributed by atoms with Gasteiger partial charge in [-0.05, 0) is 69.2 Å². The Bertz CT molecular complexity index is 975. The predicted molar refractivity (Wildman–Crippen MR) is 116 cm³/mol. The number of hydrogen-bond donors (Lipinski definition) is 1. The maximum atomic E-state index is 13.3. The van der Waals surface area contributed by atoms with E-state index in [1.165, 1.54) is 12.0 Å². The fraction of sp³-hybridized carbons (Fsp3) is 0.440. The molecule has 1 aromatic carbocycles. The van der Waals surface area contributed by atoms with Crippen molar-refractivity contribution in [3.63, 3.8) is 0 Å². The summed E-state index contributed by atoms with van der Waals surface area (Å²) in [6.07, 6.45) is 5.28. The summed E-state index contributed by atoms with van der Waals surface area (Å²) in [5.41, 5.74) is 6.90. The topological polar surface area (TPSA) is 64.6 Å². The maximum absolute atomic E-state index is 13.3. The van der Waals surface area contributed by atoms with Gasteiger partial charge in [-0.25, -0.2) is 9.59 Å². The number of para-hydroxylation sites is 1. The van der Waals surface area contributed by atoms with E-state index in [-0.39, 0.29) is 19.1 Å². The van der Waals surface area contributed by atoms with E-state index in [1.807, 2.05) is 24.3 Å². The minimum Gasteiger partial charge on any atom is -0.463 e. The lowest BCUT2D eigenvalue weighted by atomic mass is 9.74. The summed E-state index contributed by atoms with van der Waals surface area (Å²) >= 11 is 0. The van der Waals surface area contributed by atoms with Crippen LogP contribution in [0.2, 0.25) is 0 Å². The van der Waals surface area contributed by atoms with Crippen LogP contribution in [0.1, 0.15) is 64.4 Å². The predicted octanol–water partition coefficient (Wildman–Crippen LogP) is 5.17. The second-order valence-electron chi connectivity index (χ2n) is 7.95. The molecule has 2 aliphatic carbocycles. The Kier molecular flexibility index (Phi) is 5.80. The van der Waals surface area contributed by atoms with E-state index in [9.17, 15) is 9.59 Å². The standard InChI is InChI=1S/C25H29NO4/c1-4-29-24(27)21-19(16-11-7-6-8-12-16)15(3)23-20(22(21)25(28)30-5-2)17-13-9-10-14-18(17)26-23/h9-10,13-14,20,26H,4-8,11-12H2,1-3H3. The molecule has 30 heavy (non-hydrogen) atoms. The van der Waals surface area contributed by atoms with Crippen LogP contribution in [-0.2, 0) is 19.1 Å². The number of hydrogen-bond acceptors (Lipinski definition) is 5. The van der Waals surface area contributed by atoms with E-state index in [4.69, 9.17) is 9.47 Å². The second-order valence-corrected chi connectivity index (χ2v) is 7.95. The maximum Gasteiger partial charge on any atom is 0.339 e. The van der Waals surface area contributed by atoms with Gasteiger partial charge in [0.25, 0.3) is 0 Å². The molecule has 1 aromatic rings. The smallest absolute Gasteiger partial charge is 0.339 e. The fourth-order valence-corrected chi connectivity index (χ4v) is 4.96. The summed E-state index contributed by atoms with van der Waals surface area (Å²) in [4.78, 5) is 26.5. The lowest BCUT2D eigenvalue weighted by Crippen LogP contribution is -2.28. The highest BCUT2D eigenvalue weighted by Crippen LogP contribution is 2.52. The van der Waals surface area contributed by atoms with E-state index >= 15 is 0 Å². The van der Waals surface area contributed by atoms with E-state index in [0.717, 1.165) is 53.8 Å². The third kappa shape index (κ3) is 3.36. The molecule has 5 nitrogen and oxygen atoms in total. The second kappa shape index (κ2) is 8.50. The molecular formula is C25H29NO4. The van der Waals surface area contributed by atoms with E-state index < -0.39 is 11.9 Å². The number of anilines is 1. The Morgan fingerprint density at radius 2 is 1.67 bits per heavy atom. The largest absolute Gasteiger partial charge is 0.463 e. The molecule has 1 aliphatic heterocycles. The van der Waals surface area contributed by atoms with Gasteiger partial charge in [-0.2, -0.15) is 0 Å². The molecule has 1 saturated carbocycles. The zero-order chi connectivity index (χ0) is 21.3. The van der Waals surface area contributed by atoms with Gasteiger partial charge in [0, 0.05) is 11.4 Å². The molecule has 0 bridgehead atoms. The number of carbonyl (C=O) groups excluding carboxylic acids is 2. The van der Waals surface area contributed by atoms with Gasteiger partial charge < -0.3 is 14.8 Å². The molecule has 1 N–H and O–H groups in total. The molecule has 5 heteroatoms. The summed E-state index contributed by atoms with van der Waals surface area (Å²) in [6, 6.07) is 7.95. The van der Waals surface area contributed by atoms with Crippen LogP contribution in [0.3, 0.4) is 0 Å². The molecule has 0 aromatic heterocycles. The van der Waals surface area contributed by atoms with Crippen molar-refractivity contribution in [1.29, 1.82) is 0 Å². The highest BCUT2D eigenvalue weighted by atomic mass is 16.5. The summed E-state index contributed by atoms with van der Waals surface area (Å²) in [5, 5.41) is 3.53. The first-order valence-corrected chi connectivity index (χ1v) is 11.0. The van der Waals surface area contributed by atoms with Crippen molar-refractivity contribution in [3.05, 3.63) is 63.4 Å². The lowest BCUT2D eigenvalue weighted by molar-refractivity contribution is -0.141. The summed E-state index contributed by atoms with van der Waals surface area (Å²) in [5.74, 6) is -1.22. The van der Waals surface area contributed by atoms with Crippen LogP contribution >= 0.6 is 0 Å². The lowest BCUT2D eigenvalue weighted by Gasteiger charge is -2.31. The van der Waals surface area contributed by atoms with E-state index in [2.05, 4.69) is 12.2 Å². The SMILES string of the molecule is CCOC(=O)C1=C(C(=O)OCC)C2C(=C(C)C1=C1CCCCC1)Nc1ccccc12. The number of allylic oxidation sites excluding steroid dienone is 3. The number of ether oxygens (including phenoxy) is 2. The van der Waals surface area contributed by atoms with Crippen molar-refractivity contribution in [2.45, 2.75) is 58.8 Å². The molecule has 4 rings (SSSR count). The summed E-state index contributed by atoms with van der Waals surface area (Å²) < 4.78 is 10.9. The minimum absolute atomic E-state index is 0.254. The van der Waals surface area contributed by atoms with Crippen LogP contribution in [0.25, 0.3) is 0 Å². The first kappa shape index (κ1) is 20.5. The van der Waals surface area contributed by atoms with Gasteiger partial charge in [-0.3, -0.25) is 0 Å². The third-order valence-electron chi connectivity index (χ3n) is 6.20. The average molecular weight is 408 g/mol. The third-order valence-corrected chi connectivity index (χ3v) is 6.20. The van der Waals surface area contributed by atoms with Gasteiger partial charge in [-0.1, -0.05) is 30.2 Å². The van der Waals surface area contributed by atoms with Gasteiger partial charge in [0.1, 0.15) is 0 Å². The van der Waals surface area contributed by atoms with Crippen molar-refractivity contribution in [2.24, 2.45) is 0 Å². The number of nitrogens with one attached hydrogen (secondary N) is 1. The molecule has 0 radical (unpaired) electrons. The molecule has 1 heterocycles. The number of rotatable bonds is 4. The Morgan fingerprint density at radius 1 is 1.00 bits per heavy atom. The molecule has 158 valence electrons. The van der Waals surface area contributed by atoms with Crippen LogP contribution in [0.15, 0.2) is 57.8 Å². The van der Waals surface area contributed by atoms with Crippen LogP contribution < -0.4 is 5.32 Å². The van der Waals surface area contributed by atoms with Gasteiger partial charge in [0.15, 0.2) is 0 Å². The van der Waals surface area contributed by atoms with Gasteiger partial charge in [0.2, 0.25) is 0 Å². The van der Waals surface area contributed by atoms with Crippen molar-refractivity contribution in [3.8, 4) is 0 Å². The Balaban J connectivity index is 2.01. The highest BCUT2D eigenvalue weighted by molar-refractivity contribution is 6.08. The Morgan fingerprint density at radius 3 is 2.37 bits per heavy atom. The number of esters is 2. The van der Waals surface area contributed by atoms with Crippen molar-refractivity contribution < 1.29 is 19.1 Å². The van der Waals surface area contributed by atoms with Crippen LogP contribution in [-0.4, -0.2) is 25.2 Å². The molecule has 3 aliphatic rings. The number of carbonyl (C=O) groups is 2. The van der Waals surface area contributed by atoms with Gasteiger partial charge in [-0.15, -0.1) is 0 Å². The Hall–Kier alpha value is -2.82. The molecule has 1 fully saturated rings. The molecule has 0 spiro atoms. The Labute approximate surface area is 177 Å². The average Bonchev–Trinajstić information content (AvgIpc) is 3.14. The van der Waals surface area contributed by atoms with Crippen LogP contribution in [0.4, 0.5) is 5.69 Å². The molecule has 0 saturated heterocycles. The van der Waals surface area contributed by atoms with Crippen molar-refractivity contribution in [2.75, 3.05) is 18.5 Å². The number of benzene rings is 1. The van der Waals surface area contributed by atoms with Crippen molar-refractivity contribution >= 4 is 17.6 Å². The van der Waals surface area contributed by atoms with Crippen LogP contribution in [0, 0.1) is 0 Å². The molecule has 1 atom stereocenters. The fourth-order valence-electron chi connectivity index (χ4n) is 4.96. The van der Waals surface area contributed by atoms with Crippen LogP contribution in [0.5, 0.6) is 0 Å².